The molecule has 0 bridgehead atoms. The van der Waals surface area contributed by atoms with Gasteiger partial charge in [0.2, 0.25) is 0 Å². The van der Waals surface area contributed by atoms with Crippen LogP contribution in [0, 0.1) is 0 Å². The average molecular weight is 338 g/mol. The van der Waals surface area contributed by atoms with Gasteiger partial charge in [-0.05, 0) is 30.7 Å². The van der Waals surface area contributed by atoms with Crippen molar-refractivity contribution in [2.45, 2.75) is 19.8 Å². The quantitative estimate of drug-likeness (QED) is 0.513. The first-order chi connectivity index (χ1) is 12.2. The number of carbonyl (C=O) groups is 1. The molecular weight excluding hydrogens is 316 g/mol. The number of unbranched alkanes of at least 4 members (excludes halogenated alkanes) is 1. The van der Waals surface area contributed by atoms with E-state index in [-0.39, 0.29) is 12.5 Å². The minimum absolute atomic E-state index is 0.0239. The third-order valence-corrected chi connectivity index (χ3v) is 3.84. The lowest BCUT2D eigenvalue weighted by Crippen LogP contribution is -2.29. The Bertz CT molecular complexity index is 873. The van der Waals surface area contributed by atoms with Crippen LogP contribution in [-0.2, 0) is 4.79 Å². The summed E-state index contributed by atoms with van der Waals surface area (Å²) in [6, 6.07) is 11.2. The van der Waals surface area contributed by atoms with Gasteiger partial charge in [-0.1, -0.05) is 25.5 Å². The van der Waals surface area contributed by atoms with E-state index < -0.39 is 0 Å². The normalized spacial score (nSPS) is 10.8. The number of nitrogens with zero attached hydrogens (tertiary/aromatic N) is 2. The highest BCUT2D eigenvalue weighted by atomic mass is 16.5. The molecule has 0 aliphatic rings. The molecule has 0 unspecified atom stereocenters. The summed E-state index contributed by atoms with van der Waals surface area (Å²) in [6.07, 6.45) is 5.82. The first-order valence-corrected chi connectivity index (χ1v) is 8.40. The van der Waals surface area contributed by atoms with Crippen molar-refractivity contribution in [3.63, 3.8) is 0 Å². The summed E-state index contributed by atoms with van der Waals surface area (Å²) in [6.45, 7) is 2.73. The lowest BCUT2D eigenvalue weighted by Gasteiger charge is -2.07. The van der Waals surface area contributed by atoms with E-state index in [0.717, 1.165) is 24.1 Å². The van der Waals surface area contributed by atoms with Gasteiger partial charge in [0, 0.05) is 30.2 Å². The zero-order valence-electron chi connectivity index (χ0n) is 14.2. The second-order valence-electron chi connectivity index (χ2n) is 5.85. The summed E-state index contributed by atoms with van der Waals surface area (Å²) in [5, 5.41) is 2.83. The summed E-state index contributed by atoms with van der Waals surface area (Å²) in [5.41, 5.74) is 8.94. The monoisotopic (exact) mass is 338 g/mol. The molecule has 25 heavy (non-hydrogen) atoms. The lowest BCUT2D eigenvalue weighted by molar-refractivity contribution is -0.123. The number of nitrogen functional groups attached to an aromatic ring is 1. The Labute approximate surface area is 146 Å². The van der Waals surface area contributed by atoms with Gasteiger partial charge in [0.15, 0.2) is 18.0 Å². The SMILES string of the molecule is CCCCNC(=O)COc1cccn2cc(-c3cccc(N)c3)nc12. The summed E-state index contributed by atoms with van der Waals surface area (Å²) in [4.78, 5) is 16.4. The number of nitrogens with one attached hydrogen (secondary N) is 1. The molecule has 2 aromatic heterocycles. The van der Waals surface area contributed by atoms with Crippen molar-refractivity contribution in [2.75, 3.05) is 18.9 Å². The van der Waals surface area contributed by atoms with Gasteiger partial charge < -0.3 is 20.2 Å². The van der Waals surface area contributed by atoms with Gasteiger partial charge in [0.1, 0.15) is 0 Å². The van der Waals surface area contributed by atoms with Crippen LogP contribution in [0.2, 0.25) is 0 Å². The van der Waals surface area contributed by atoms with E-state index in [1.807, 2.05) is 53.2 Å². The molecule has 0 spiro atoms. The lowest BCUT2D eigenvalue weighted by atomic mass is 10.1. The number of imidazole rings is 1. The largest absolute Gasteiger partial charge is 0.480 e. The Hall–Kier alpha value is -3.02. The fourth-order valence-corrected chi connectivity index (χ4v) is 2.54. The molecule has 3 rings (SSSR count). The second kappa shape index (κ2) is 7.70. The molecule has 0 saturated carbocycles. The molecule has 0 saturated heterocycles. The maximum Gasteiger partial charge on any atom is 0.257 e. The molecule has 2 heterocycles. The fourth-order valence-electron chi connectivity index (χ4n) is 2.54. The molecule has 3 aromatic rings. The molecule has 0 atom stereocenters. The van der Waals surface area contributed by atoms with Crippen LogP contribution in [0.25, 0.3) is 16.9 Å². The van der Waals surface area contributed by atoms with E-state index in [1.54, 1.807) is 0 Å². The van der Waals surface area contributed by atoms with Crippen LogP contribution in [-0.4, -0.2) is 28.4 Å². The standard InChI is InChI=1S/C19H22N4O2/c1-2-3-9-21-18(24)13-25-17-8-5-10-23-12-16(22-19(17)23)14-6-4-7-15(20)11-14/h4-8,10-12H,2-3,9,13,20H2,1H3,(H,21,24). The van der Waals surface area contributed by atoms with E-state index in [2.05, 4.69) is 17.2 Å². The zero-order chi connectivity index (χ0) is 17.6. The highest BCUT2D eigenvalue weighted by Crippen LogP contribution is 2.25. The number of fused-ring (bicyclic) bond motifs is 1. The van der Waals surface area contributed by atoms with Gasteiger partial charge in [0.25, 0.3) is 5.91 Å². The number of rotatable bonds is 7. The van der Waals surface area contributed by atoms with Crippen LogP contribution in [0.3, 0.4) is 0 Å². The molecule has 0 aliphatic heterocycles. The number of pyridine rings is 1. The maximum absolute atomic E-state index is 11.8. The van der Waals surface area contributed by atoms with Crippen molar-refractivity contribution in [1.82, 2.24) is 14.7 Å². The van der Waals surface area contributed by atoms with Gasteiger partial charge in [0.05, 0.1) is 5.69 Å². The van der Waals surface area contributed by atoms with Crippen LogP contribution < -0.4 is 15.8 Å². The maximum atomic E-state index is 11.8. The molecule has 1 amide bonds. The smallest absolute Gasteiger partial charge is 0.257 e. The Balaban J connectivity index is 1.77. The Morgan fingerprint density at radius 1 is 1.32 bits per heavy atom. The van der Waals surface area contributed by atoms with Gasteiger partial charge in [-0.3, -0.25) is 4.79 Å². The minimum atomic E-state index is -0.127. The number of anilines is 1. The third-order valence-electron chi connectivity index (χ3n) is 3.84. The Kier molecular flexibility index (Phi) is 5.18. The number of amides is 1. The summed E-state index contributed by atoms with van der Waals surface area (Å²) >= 11 is 0. The number of hydrogen-bond donors (Lipinski definition) is 2. The molecule has 0 fully saturated rings. The third kappa shape index (κ3) is 4.09. The van der Waals surface area contributed by atoms with Crippen LogP contribution in [0.1, 0.15) is 19.8 Å². The van der Waals surface area contributed by atoms with Crippen molar-refractivity contribution in [3.8, 4) is 17.0 Å². The predicted octanol–water partition coefficient (Wildman–Crippen LogP) is 2.88. The number of nitrogens with two attached hydrogens (primary N) is 1. The predicted molar refractivity (Wildman–Crippen MR) is 98.5 cm³/mol. The summed E-state index contributed by atoms with van der Waals surface area (Å²) in [5.74, 6) is 0.446. The van der Waals surface area contributed by atoms with Crippen molar-refractivity contribution >= 4 is 17.2 Å². The molecule has 3 N–H and O–H groups in total. The van der Waals surface area contributed by atoms with Crippen LogP contribution >= 0.6 is 0 Å². The van der Waals surface area contributed by atoms with E-state index in [0.29, 0.717) is 23.6 Å². The average Bonchev–Trinajstić information content (AvgIpc) is 3.05. The molecule has 6 nitrogen and oxygen atoms in total. The number of hydrogen-bond acceptors (Lipinski definition) is 4. The summed E-state index contributed by atoms with van der Waals surface area (Å²) in [7, 11) is 0. The Morgan fingerprint density at radius 2 is 2.20 bits per heavy atom. The topological polar surface area (TPSA) is 81.6 Å². The number of ether oxygens (including phenoxy) is 1. The molecule has 1 aromatic carbocycles. The summed E-state index contributed by atoms with van der Waals surface area (Å²) < 4.78 is 7.54. The first-order valence-electron chi connectivity index (χ1n) is 8.40. The van der Waals surface area contributed by atoms with Crippen LogP contribution in [0.5, 0.6) is 5.75 Å². The van der Waals surface area contributed by atoms with E-state index in [4.69, 9.17) is 10.5 Å². The highest BCUT2D eigenvalue weighted by molar-refractivity contribution is 5.78. The minimum Gasteiger partial charge on any atom is -0.480 e. The molecule has 0 aliphatic carbocycles. The second-order valence-corrected chi connectivity index (χ2v) is 5.85. The fraction of sp³-hybridized carbons (Fsp3) is 0.263. The highest BCUT2D eigenvalue weighted by Gasteiger charge is 2.10. The zero-order valence-corrected chi connectivity index (χ0v) is 14.2. The van der Waals surface area contributed by atoms with Gasteiger partial charge in [-0.2, -0.15) is 0 Å². The van der Waals surface area contributed by atoms with Crippen LogP contribution in [0.4, 0.5) is 5.69 Å². The molecule has 6 heteroatoms. The van der Waals surface area contributed by atoms with Crippen molar-refractivity contribution < 1.29 is 9.53 Å². The van der Waals surface area contributed by atoms with E-state index in [9.17, 15) is 4.79 Å². The van der Waals surface area contributed by atoms with Crippen molar-refractivity contribution in [1.29, 1.82) is 0 Å². The number of aromatic nitrogens is 2. The van der Waals surface area contributed by atoms with Gasteiger partial charge in [-0.25, -0.2) is 4.98 Å². The first kappa shape index (κ1) is 16.8. The molecular formula is C19H22N4O2. The van der Waals surface area contributed by atoms with Crippen molar-refractivity contribution in [3.05, 3.63) is 48.8 Å². The van der Waals surface area contributed by atoms with Crippen molar-refractivity contribution in [2.24, 2.45) is 0 Å². The Morgan fingerprint density at radius 3 is 3.00 bits per heavy atom. The van der Waals surface area contributed by atoms with Gasteiger partial charge >= 0.3 is 0 Å². The van der Waals surface area contributed by atoms with E-state index in [1.165, 1.54) is 0 Å². The number of carbonyl (C=O) groups excluding carboxylic acids is 1. The van der Waals surface area contributed by atoms with E-state index >= 15 is 0 Å². The molecule has 130 valence electrons. The van der Waals surface area contributed by atoms with Crippen LogP contribution in [0.15, 0.2) is 48.8 Å². The molecule has 0 radical (unpaired) electrons. The number of benzene rings is 1. The van der Waals surface area contributed by atoms with Gasteiger partial charge in [-0.15, -0.1) is 0 Å².